The average Bonchev–Trinajstić information content (AvgIpc) is 2.36. The van der Waals surface area contributed by atoms with Crippen LogP contribution in [0.2, 0.25) is 5.02 Å². The van der Waals surface area contributed by atoms with Crippen molar-refractivity contribution in [1.82, 2.24) is 0 Å². The van der Waals surface area contributed by atoms with Crippen molar-refractivity contribution in [2.75, 3.05) is 25.1 Å². The number of hydrogen-bond acceptors (Lipinski definition) is 3. The molecule has 1 aromatic rings. The third kappa shape index (κ3) is 5.71. The van der Waals surface area contributed by atoms with E-state index < -0.39 is 6.10 Å². The van der Waals surface area contributed by atoms with E-state index in [1.807, 2.05) is 25.1 Å². The Hall–Kier alpha value is -0.770. The van der Waals surface area contributed by atoms with E-state index in [1.165, 1.54) is 0 Å². The molecule has 0 saturated carbocycles. The molecule has 18 heavy (non-hydrogen) atoms. The first kappa shape index (κ1) is 15.3. The second-order valence-electron chi connectivity index (χ2n) is 4.45. The maximum Gasteiger partial charge on any atom is 0.0945 e. The predicted octanol–water partition coefficient (Wildman–Crippen LogP) is 3.24. The van der Waals surface area contributed by atoms with Gasteiger partial charge < -0.3 is 15.2 Å². The second kappa shape index (κ2) is 8.35. The highest BCUT2D eigenvalue weighted by molar-refractivity contribution is 6.33. The Kier molecular flexibility index (Phi) is 7.09. The summed E-state index contributed by atoms with van der Waals surface area (Å²) in [6.45, 7) is 5.62. The van der Waals surface area contributed by atoms with Gasteiger partial charge in [0.05, 0.1) is 23.4 Å². The van der Waals surface area contributed by atoms with E-state index in [1.54, 1.807) is 0 Å². The van der Waals surface area contributed by atoms with Crippen molar-refractivity contribution < 1.29 is 9.84 Å². The number of benzene rings is 1. The molecule has 102 valence electrons. The third-order valence-electron chi connectivity index (χ3n) is 2.60. The van der Waals surface area contributed by atoms with Crippen LogP contribution in [-0.4, -0.2) is 31.0 Å². The maximum absolute atomic E-state index is 9.74. The van der Waals surface area contributed by atoms with Gasteiger partial charge in [0.1, 0.15) is 0 Å². The summed E-state index contributed by atoms with van der Waals surface area (Å²) in [5.74, 6) is 0. The van der Waals surface area contributed by atoms with Crippen molar-refractivity contribution >= 4 is 17.3 Å². The van der Waals surface area contributed by atoms with Gasteiger partial charge >= 0.3 is 0 Å². The number of ether oxygens (including phenoxy) is 1. The zero-order valence-corrected chi connectivity index (χ0v) is 11.8. The SMILES string of the molecule is CCCCOCC(O)CNc1cc(C)ccc1Cl. The molecule has 2 N–H and O–H groups in total. The first-order chi connectivity index (χ1) is 8.63. The standard InChI is InChI=1S/C14H22ClNO2/c1-3-4-7-18-10-12(17)9-16-14-8-11(2)5-6-13(14)15/h5-6,8,12,16-17H,3-4,7,9-10H2,1-2H3. The molecule has 1 unspecified atom stereocenters. The van der Waals surface area contributed by atoms with Crippen molar-refractivity contribution in [1.29, 1.82) is 0 Å². The highest BCUT2D eigenvalue weighted by Gasteiger charge is 2.06. The van der Waals surface area contributed by atoms with E-state index in [9.17, 15) is 5.11 Å². The van der Waals surface area contributed by atoms with E-state index in [-0.39, 0.29) is 0 Å². The molecule has 0 amide bonds. The summed E-state index contributed by atoms with van der Waals surface area (Å²) < 4.78 is 5.36. The van der Waals surface area contributed by atoms with E-state index in [0.29, 0.717) is 24.8 Å². The van der Waals surface area contributed by atoms with Crippen LogP contribution in [0.5, 0.6) is 0 Å². The number of aliphatic hydroxyl groups is 1. The van der Waals surface area contributed by atoms with Crippen LogP contribution >= 0.6 is 11.6 Å². The molecule has 0 fully saturated rings. The minimum atomic E-state index is -0.515. The van der Waals surface area contributed by atoms with Crippen LogP contribution in [0, 0.1) is 6.92 Å². The molecular weight excluding hydrogens is 250 g/mol. The number of halogens is 1. The van der Waals surface area contributed by atoms with Gasteiger partial charge in [-0.25, -0.2) is 0 Å². The van der Waals surface area contributed by atoms with Gasteiger partial charge in [0, 0.05) is 13.2 Å². The average molecular weight is 272 g/mol. The summed E-state index contributed by atoms with van der Waals surface area (Å²) in [7, 11) is 0. The lowest BCUT2D eigenvalue weighted by atomic mass is 10.2. The largest absolute Gasteiger partial charge is 0.389 e. The summed E-state index contributed by atoms with van der Waals surface area (Å²) >= 11 is 6.05. The van der Waals surface area contributed by atoms with Gasteiger partial charge in [0.15, 0.2) is 0 Å². The number of nitrogens with one attached hydrogen (secondary N) is 1. The molecule has 1 rings (SSSR count). The minimum Gasteiger partial charge on any atom is -0.389 e. The quantitative estimate of drug-likeness (QED) is 0.713. The van der Waals surface area contributed by atoms with Crippen LogP contribution in [0.4, 0.5) is 5.69 Å². The number of rotatable bonds is 8. The molecule has 0 spiro atoms. The fraction of sp³-hybridized carbons (Fsp3) is 0.571. The fourth-order valence-corrected chi connectivity index (χ4v) is 1.71. The molecule has 0 aliphatic rings. The topological polar surface area (TPSA) is 41.5 Å². The molecule has 0 radical (unpaired) electrons. The molecule has 0 aliphatic heterocycles. The Bertz CT molecular complexity index is 358. The molecule has 0 heterocycles. The van der Waals surface area contributed by atoms with Crippen LogP contribution in [0.3, 0.4) is 0 Å². The lowest BCUT2D eigenvalue weighted by Crippen LogP contribution is -2.25. The summed E-state index contributed by atoms with van der Waals surface area (Å²) in [5, 5.41) is 13.5. The summed E-state index contributed by atoms with van der Waals surface area (Å²) in [6, 6.07) is 5.77. The number of aryl methyl sites for hydroxylation is 1. The van der Waals surface area contributed by atoms with Crippen molar-refractivity contribution in [3.05, 3.63) is 28.8 Å². The first-order valence-corrected chi connectivity index (χ1v) is 6.77. The highest BCUT2D eigenvalue weighted by atomic mass is 35.5. The summed E-state index contributed by atoms with van der Waals surface area (Å²) in [4.78, 5) is 0. The van der Waals surface area contributed by atoms with Crippen LogP contribution < -0.4 is 5.32 Å². The van der Waals surface area contributed by atoms with Crippen molar-refractivity contribution in [3.63, 3.8) is 0 Å². The van der Waals surface area contributed by atoms with Gasteiger partial charge in [-0.05, 0) is 31.0 Å². The number of hydrogen-bond donors (Lipinski definition) is 2. The fourth-order valence-electron chi connectivity index (χ4n) is 1.53. The zero-order valence-electron chi connectivity index (χ0n) is 11.1. The Morgan fingerprint density at radius 2 is 2.22 bits per heavy atom. The summed E-state index contributed by atoms with van der Waals surface area (Å²) in [5.41, 5.74) is 1.99. The molecular formula is C14H22ClNO2. The number of unbranched alkanes of at least 4 members (excludes halogenated alkanes) is 1. The van der Waals surface area contributed by atoms with Crippen molar-refractivity contribution in [2.24, 2.45) is 0 Å². The minimum absolute atomic E-state index is 0.358. The normalized spacial score (nSPS) is 12.4. The van der Waals surface area contributed by atoms with Crippen molar-refractivity contribution in [3.8, 4) is 0 Å². The third-order valence-corrected chi connectivity index (χ3v) is 2.93. The van der Waals surface area contributed by atoms with Gasteiger partial charge in [-0.3, -0.25) is 0 Å². The number of anilines is 1. The lowest BCUT2D eigenvalue weighted by Gasteiger charge is -2.14. The highest BCUT2D eigenvalue weighted by Crippen LogP contribution is 2.22. The second-order valence-corrected chi connectivity index (χ2v) is 4.85. The predicted molar refractivity (Wildman–Crippen MR) is 76.4 cm³/mol. The first-order valence-electron chi connectivity index (χ1n) is 6.39. The molecule has 4 heteroatoms. The smallest absolute Gasteiger partial charge is 0.0945 e. The lowest BCUT2D eigenvalue weighted by molar-refractivity contribution is 0.0422. The van der Waals surface area contributed by atoms with E-state index >= 15 is 0 Å². The molecule has 0 aromatic heterocycles. The Labute approximate surface area is 114 Å². The van der Waals surface area contributed by atoms with Crippen LogP contribution in [-0.2, 0) is 4.74 Å². The van der Waals surface area contributed by atoms with Crippen LogP contribution in [0.15, 0.2) is 18.2 Å². The zero-order chi connectivity index (χ0) is 13.4. The van der Waals surface area contributed by atoms with Gasteiger partial charge in [0.25, 0.3) is 0 Å². The maximum atomic E-state index is 9.74. The van der Waals surface area contributed by atoms with Gasteiger partial charge in [-0.2, -0.15) is 0 Å². The Morgan fingerprint density at radius 1 is 1.44 bits per heavy atom. The van der Waals surface area contributed by atoms with E-state index in [0.717, 1.165) is 24.1 Å². The molecule has 1 atom stereocenters. The van der Waals surface area contributed by atoms with Gasteiger partial charge in [-0.15, -0.1) is 0 Å². The Balaban J connectivity index is 2.29. The molecule has 0 aliphatic carbocycles. The summed E-state index contributed by atoms with van der Waals surface area (Å²) in [6.07, 6.45) is 1.62. The molecule has 3 nitrogen and oxygen atoms in total. The van der Waals surface area contributed by atoms with Gasteiger partial charge in [-0.1, -0.05) is 31.0 Å². The molecule has 0 saturated heterocycles. The molecule has 1 aromatic carbocycles. The monoisotopic (exact) mass is 271 g/mol. The molecule has 0 bridgehead atoms. The van der Waals surface area contributed by atoms with Crippen molar-refractivity contribution in [2.45, 2.75) is 32.8 Å². The Morgan fingerprint density at radius 3 is 2.94 bits per heavy atom. The van der Waals surface area contributed by atoms with Crippen LogP contribution in [0.1, 0.15) is 25.3 Å². The number of aliphatic hydroxyl groups excluding tert-OH is 1. The van der Waals surface area contributed by atoms with E-state index in [2.05, 4.69) is 12.2 Å². The van der Waals surface area contributed by atoms with Crippen LogP contribution in [0.25, 0.3) is 0 Å². The van der Waals surface area contributed by atoms with E-state index in [4.69, 9.17) is 16.3 Å². The van der Waals surface area contributed by atoms with Gasteiger partial charge in [0.2, 0.25) is 0 Å².